The standard InChI is InChI=1S/C25H17N5/c1-3-20(18-7-11-26-12-8-18)15-22(5-1)24-28-17-29-25(30-24)23-6-2-4-21(16-23)19-9-13-27-14-10-19/h1-17H. The van der Waals surface area contributed by atoms with Crippen molar-refractivity contribution in [3.63, 3.8) is 0 Å². The second-order valence-corrected chi connectivity index (χ2v) is 6.77. The molecule has 0 amide bonds. The Hall–Kier alpha value is -4.25. The van der Waals surface area contributed by atoms with Crippen LogP contribution in [0.4, 0.5) is 0 Å². The van der Waals surface area contributed by atoms with E-state index in [1.165, 1.54) is 0 Å². The number of aromatic nitrogens is 5. The average Bonchev–Trinajstić information content (AvgIpc) is 2.85. The Labute approximate surface area is 174 Å². The number of pyridine rings is 2. The van der Waals surface area contributed by atoms with Crippen molar-refractivity contribution in [2.75, 3.05) is 0 Å². The molecule has 0 fully saturated rings. The number of hydrogen-bond donors (Lipinski definition) is 0. The highest BCUT2D eigenvalue weighted by atomic mass is 15.0. The normalized spacial score (nSPS) is 10.7. The first-order valence-electron chi connectivity index (χ1n) is 9.57. The van der Waals surface area contributed by atoms with Gasteiger partial charge >= 0.3 is 0 Å². The van der Waals surface area contributed by atoms with Crippen LogP contribution in [0.5, 0.6) is 0 Å². The van der Waals surface area contributed by atoms with E-state index in [4.69, 9.17) is 4.98 Å². The summed E-state index contributed by atoms with van der Waals surface area (Å²) in [6, 6.07) is 24.3. The van der Waals surface area contributed by atoms with E-state index in [2.05, 4.69) is 44.2 Å². The van der Waals surface area contributed by atoms with Crippen LogP contribution in [0.1, 0.15) is 0 Å². The highest BCUT2D eigenvalue weighted by Crippen LogP contribution is 2.27. The zero-order valence-electron chi connectivity index (χ0n) is 16.1. The summed E-state index contributed by atoms with van der Waals surface area (Å²) >= 11 is 0. The van der Waals surface area contributed by atoms with Crippen LogP contribution in [0.2, 0.25) is 0 Å². The first kappa shape index (κ1) is 17.8. The van der Waals surface area contributed by atoms with Crippen molar-refractivity contribution in [1.29, 1.82) is 0 Å². The molecule has 0 radical (unpaired) electrons. The molecule has 5 nitrogen and oxygen atoms in total. The first-order chi connectivity index (χ1) is 14.9. The molecule has 0 unspecified atom stereocenters. The van der Waals surface area contributed by atoms with Gasteiger partial charge in [0.25, 0.3) is 0 Å². The topological polar surface area (TPSA) is 64.5 Å². The molecule has 0 saturated heterocycles. The third-order valence-corrected chi connectivity index (χ3v) is 4.84. The van der Waals surface area contributed by atoms with Crippen molar-refractivity contribution in [3.05, 3.63) is 104 Å². The maximum Gasteiger partial charge on any atom is 0.163 e. The fraction of sp³-hybridized carbons (Fsp3) is 0. The summed E-state index contributed by atoms with van der Waals surface area (Å²) in [7, 11) is 0. The van der Waals surface area contributed by atoms with Crippen LogP contribution >= 0.6 is 0 Å². The summed E-state index contributed by atoms with van der Waals surface area (Å²) in [5.41, 5.74) is 6.28. The number of nitrogens with zero attached hydrogens (tertiary/aromatic N) is 5. The molecule has 5 heteroatoms. The number of rotatable bonds is 4. The van der Waals surface area contributed by atoms with Gasteiger partial charge in [0.15, 0.2) is 11.6 Å². The van der Waals surface area contributed by atoms with Crippen LogP contribution in [0.3, 0.4) is 0 Å². The SMILES string of the molecule is c1cc(-c2ccncc2)cc(-c2ncnc(-c3cccc(-c4ccncc4)c3)n2)c1. The molecule has 0 N–H and O–H groups in total. The van der Waals surface area contributed by atoms with E-state index in [1.807, 2.05) is 48.5 Å². The van der Waals surface area contributed by atoms with Crippen molar-refractivity contribution in [2.24, 2.45) is 0 Å². The van der Waals surface area contributed by atoms with Gasteiger partial charge in [-0.15, -0.1) is 0 Å². The van der Waals surface area contributed by atoms with E-state index in [0.29, 0.717) is 11.6 Å². The van der Waals surface area contributed by atoms with Crippen LogP contribution in [0, 0.1) is 0 Å². The van der Waals surface area contributed by atoms with Crippen LogP contribution in [0.15, 0.2) is 104 Å². The first-order valence-corrected chi connectivity index (χ1v) is 9.57. The molecule has 0 aliphatic heterocycles. The lowest BCUT2D eigenvalue weighted by atomic mass is 10.0. The number of hydrogen-bond acceptors (Lipinski definition) is 5. The molecule has 0 spiro atoms. The Bertz CT molecular complexity index is 1190. The highest BCUT2D eigenvalue weighted by molar-refractivity contribution is 5.72. The van der Waals surface area contributed by atoms with Crippen molar-refractivity contribution in [3.8, 4) is 45.0 Å². The maximum atomic E-state index is 4.74. The van der Waals surface area contributed by atoms with E-state index < -0.39 is 0 Å². The summed E-state index contributed by atoms with van der Waals surface area (Å²) in [6.07, 6.45) is 8.73. The van der Waals surface area contributed by atoms with Gasteiger partial charge in [0.2, 0.25) is 0 Å². The van der Waals surface area contributed by atoms with E-state index in [1.54, 1.807) is 31.1 Å². The summed E-state index contributed by atoms with van der Waals surface area (Å²) in [4.78, 5) is 21.7. The Morgan fingerprint density at radius 3 is 1.33 bits per heavy atom. The third-order valence-electron chi connectivity index (χ3n) is 4.84. The average molecular weight is 387 g/mol. The largest absolute Gasteiger partial charge is 0.265 e. The van der Waals surface area contributed by atoms with Crippen LogP contribution in [0.25, 0.3) is 45.0 Å². The molecule has 3 heterocycles. The van der Waals surface area contributed by atoms with Gasteiger partial charge in [-0.05, 0) is 58.7 Å². The van der Waals surface area contributed by atoms with Crippen LogP contribution in [-0.4, -0.2) is 24.9 Å². The Balaban J connectivity index is 1.52. The summed E-state index contributed by atoms with van der Waals surface area (Å²) in [5, 5.41) is 0. The summed E-state index contributed by atoms with van der Waals surface area (Å²) < 4.78 is 0. The predicted molar refractivity (Wildman–Crippen MR) is 117 cm³/mol. The van der Waals surface area contributed by atoms with Gasteiger partial charge in [-0.25, -0.2) is 15.0 Å². The van der Waals surface area contributed by atoms with Gasteiger partial charge in [0.1, 0.15) is 6.33 Å². The van der Waals surface area contributed by atoms with Gasteiger partial charge in [0.05, 0.1) is 0 Å². The molecule has 5 aromatic rings. The zero-order valence-corrected chi connectivity index (χ0v) is 16.1. The quantitative estimate of drug-likeness (QED) is 0.417. The minimum atomic E-state index is 0.644. The molecule has 0 saturated carbocycles. The van der Waals surface area contributed by atoms with Crippen molar-refractivity contribution >= 4 is 0 Å². The molecule has 30 heavy (non-hydrogen) atoms. The third kappa shape index (κ3) is 3.69. The molecule has 0 aliphatic rings. The lowest BCUT2D eigenvalue weighted by Gasteiger charge is -2.07. The van der Waals surface area contributed by atoms with E-state index in [9.17, 15) is 0 Å². The van der Waals surface area contributed by atoms with Crippen LogP contribution < -0.4 is 0 Å². The van der Waals surface area contributed by atoms with Gasteiger partial charge in [-0.3, -0.25) is 9.97 Å². The fourth-order valence-electron chi connectivity index (χ4n) is 3.34. The van der Waals surface area contributed by atoms with Gasteiger partial charge in [0, 0.05) is 35.9 Å². The monoisotopic (exact) mass is 387 g/mol. The van der Waals surface area contributed by atoms with Gasteiger partial charge in [-0.2, -0.15) is 0 Å². The van der Waals surface area contributed by atoms with E-state index in [-0.39, 0.29) is 0 Å². The molecular weight excluding hydrogens is 370 g/mol. The molecular formula is C25H17N5. The minimum absolute atomic E-state index is 0.644. The van der Waals surface area contributed by atoms with Crippen molar-refractivity contribution in [1.82, 2.24) is 24.9 Å². The molecule has 0 bridgehead atoms. The smallest absolute Gasteiger partial charge is 0.163 e. The van der Waals surface area contributed by atoms with E-state index >= 15 is 0 Å². The van der Waals surface area contributed by atoms with Crippen LogP contribution in [-0.2, 0) is 0 Å². The second kappa shape index (κ2) is 8.01. The Morgan fingerprint density at radius 1 is 0.433 bits per heavy atom. The molecule has 0 aliphatic carbocycles. The minimum Gasteiger partial charge on any atom is -0.265 e. The fourth-order valence-corrected chi connectivity index (χ4v) is 3.34. The molecule has 3 aromatic heterocycles. The summed E-state index contributed by atoms with van der Waals surface area (Å²) in [5.74, 6) is 1.29. The second-order valence-electron chi connectivity index (χ2n) is 6.77. The molecule has 5 rings (SSSR count). The number of benzene rings is 2. The van der Waals surface area contributed by atoms with Gasteiger partial charge in [-0.1, -0.05) is 36.4 Å². The Kier molecular flexibility index (Phi) is 4.76. The zero-order chi connectivity index (χ0) is 20.2. The lowest BCUT2D eigenvalue weighted by Crippen LogP contribution is -1.95. The predicted octanol–water partition coefficient (Wildman–Crippen LogP) is 5.33. The maximum absolute atomic E-state index is 4.74. The summed E-state index contributed by atoms with van der Waals surface area (Å²) in [6.45, 7) is 0. The lowest BCUT2D eigenvalue weighted by molar-refractivity contribution is 1.07. The van der Waals surface area contributed by atoms with E-state index in [0.717, 1.165) is 33.4 Å². The Morgan fingerprint density at radius 2 is 0.867 bits per heavy atom. The van der Waals surface area contributed by atoms with Gasteiger partial charge < -0.3 is 0 Å². The van der Waals surface area contributed by atoms with Crippen molar-refractivity contribution in [2.45, 2.75) is 0 Å². The molecule has 2 aromatic carbocycles. The van der Waals surface area contributed by atoms with Crippen molar-refractivity contribution < 1.29 is 0 Å². The molecule has 0 atom stereocenters. The highest BCUT2D eigenvalue weighted by Gasteiger charge is 2.09. The molecule has 142 valence electrons.